The SMILES string of the molecule is NC(=O)CONS(=O)(=O)Cc1cccc(C(=O)O)c1. The summed E-state index contributed by atoms with van der Waals surface area (Å²) in [6.45, 7) is -0.589. The molecule has 0 saturated carbocycles. The molecule has 104 valence electrons. The molecule has 0 atom stereocenters. The summed E-state index contributed by atoms with van der Waals surface area (Å²) in [5.74, 6) is -2.46. The van der Waals surface area contributed by atoms with Crippen molar-refractivity contribution >= 4 is 21.9 Å². The number of carboxylic acid groups (broad SMARTS) is 1. The van der Waals surface area contributed by atoms with Gasteiger partial charge in [0, 0.05) is 0 Å². The minimum Gasteiger partial charge on any atom is -0.478 e. The lowest BCUT2D eigenvalue weighted by Crippen LogP contribution is -2.30. The van der Waals surface area contributed by atoms with Crippen molar-refractivity contribution in [2.24, 2.45) is 5.73 Å². The molecule has 0 bridgehead atoms. The zero-order chi connectivity index (χ0) is 14.5. The Morgan fingerprint density at radius 2 is 2.05 bits per heavy atom. The Balaban J connectivity index is 2.70. The maximum atomic E-state index is 11.5. The van der Waals surface area contributed by atoms with E-state index in [4.69, 9.17) is 10.8 Å². The lowest BCUT2D eigenvalue weighted by Gasteiger charge is -2.06. The van der Waals surface area contributed by atoms with E-state index in [1.165, 1.54) is 24.3 Å². The Morgan fingerprint density at radius 1 is 1.37 bits per heavy atom. The summed E-state index contributed by atoms with van der Waals surface area (Å²) in [5, 5.41) is 8.77. The number of hydrogen-bond acceptors (Lipinski definition) is 5. The second-order valence-electron chi connectivity index (χ2n) is 3.60. The molecule has 0 heterocycles. The highest BCUT2D eigenvalue weighted by Crippen LogP contribution is 2.08. The molecule has 0 saturated heterocycles. The summed E-state index contributed by atoms with van der Waals surface area (Å²) >= 11 is 0. The number of nitrogens with one attached hydrogen (secondary N) is 1. The maximum Gasteiger partial charge on any atom is 0.335 e. The minimum atomic E-state index is -3.85. The molecular weight excluding hydrogens is 276 g/mol. The number of primary amides is 1. The van der Waals surface area contributed by atoms with Gasteiger partial charge in [0.15, 0.2) is 0 Å². The molecule has 0 unspecified atom stereocenters. The molecule has 1 amide bonds. The van der Waals surface area contributed by atoms with E-state index in [1.807, 2.05) is 0 Å². The monoisotopic (exact) mass is 288 g/mol. The van der Waals surface area contributed by atoms with Crippen LogP contribution in [-0.4, -0.2) is 32.0 Å². The molecule has 4 N–H and O–H groups in total. The largest absolute Gasteiger partial charge is 0.478 e. The lowest BCUT2D eigenvalue weighted by atomic mass is 10.1. The van der Waals surface area contributed by atoms with Gasteiger partial charge in [-0.25, -0.2) is 13.2 Å². The third-order valence-corrected chi connectivity index (χ3v) is 3.02. The predicted molar refractivity (Wildman–Crippen MR) is 64.3 cm³/mol. The normalized spacial score (nSPS) is 11.2. The number of rotatable bonds is 7. The summed E-state index contributed by atoms with van der Waals surface area (Å²) < 4.78 is 23.1. The van der Waals surface area contributed by atoms with Gasteiger partial charge in [-0.1, -0.05) is 17.0 Å². The molecule has 1 aromatic carbocycles. The van der Waals surface area contributed by atoms with Crippen molar-refractivity contribution in [2.75, 3.05) is 6.61 Å². The molecule has 1 aromatic rings. The molecule has 0 aliphatic carbocycles. The average molecular weight is 288 g/mol. The number of carboxylic acids is 1. The fourth-order valence-corrected chi connectivity index (χ4v) is 2.15. The van der Waals surface area contributed by atoms with E-state index in [0.29, 0.717) is 0 Å². The summed E-state index contributed by atoms with van der Waals surface area (Å²) in [6.07, 6.45) is 0. The van der Waals surface area contributed by atoms with Gasteiger partial charge >= 0.3 is 5.97 Å². The molecule has 0 radical (unpaired) electrons. The summed E-state index contributed by atoms with van der Waals surface area (Å²) in [6, 6.07) is 5.46. The number of amides is 1. The van der Waals surface area contributed by atoms with Crippen LogP contribution < -0.4 is 10.6 Å². The lowest BCUT2D eigenvalue weighted by molar-refractivity contribution is -0.123. The molecule has 9 heteroatoms. The first-order chi connectivity index (χ1) is 8.80. The third kappa shape index (κ3) is 5.46. The van der Waals surface area contributed by atoms with Gasteiger partial charge in [-0.15, -0.1) is 0 Å². The van der Waals surface area contributed by atoms with Crippen molar-refractivity contribution in [1.82, 2.24) is 4.89 Å². The van der Waals surface area contributed by atoms with Crippen LogP contribution in [-0.2, 0) is 25.4 Å². The predicted octanol–water partition coefficient (Wildman–Crippen LogP) is -0.779. The quantitative estimate of drug-likeness (QED) is 0.563. The van der Waals surface area contributed by atoms with Crippen LogP contribution in [0, 0.1) is 0 Å². The Labute approximate surface area is 109 Å². The number of benzene rings is 1. The Bertz CT molecular complexity index is 583. The van der Waals surface area contributed by atoms with Crippen molar-refractivity contribution in [3.05, 3.63) is 35.4 Å². The molecule has 0 aliphatic heterocycles. The van der Waals surface area contributed by atoms with Crippen LogP contribution in [0.5, 0.6) is 0 Å². The molecule has 8 nitrogen and oxygen atoms in total. The Morgan fingerprint density at radius 3 is 2.63 bits per heavy atom. The second kappa shape index (κ2) is 6.27. The van der Waals surface area contributed by atoms with Crippen LogP contribution in [0.1, 0.15) is 15.9 Å². The standard InChI is InChI=1S/C10H12N2O6S/c11-9(13)5-18-12-19(16,17)6-7-2-1-3-8(4-7)10(14)15/h1-4,12H,5-6H2,(H2,11,13)(H,14,15). The van der Waals surface area contributed by atoms with E-state index >= 15 is 0 Å². The summed E-state index contributed by atoms with van der Waals surface area (Å²) in [7, 11) is -3.85. The van der Waals surface area contributed by atoms with Gasteiger partial charge in [-0.3, -0.25) is 9.63 Å². The number of carbonyl (C=O) groups is 2. The van der Waals surface area contributed by atoms with E-state index in [1.54, 1.807) is 4.89 Å². The highest BCUT2D eigenvalue weighted by molar-refractivity contribution is 7.88. The molecular formula is C10H12N2O6S. The van der Waals surface area contributed by atoms with E-state index in [-0.39, 0.29) is 11.1 Å². The van der Waals surface area contributed by atoms with Gasteiger partial charge in [-0.2, -0.15) is 0 Å². The van der Waals surface area contributed by atoms with Gasteiger partial charge < -0.3 is 10.8 Å². The van der Waals surface area contributed by atoms with Crippen LogP contribution in [0.3, 0.4) is 0 Å². The van der Waals surface area contributed by atoms with Crippen molar-refractivity contribution < 1.29 is 28.0 Å². The fraction of sp³-hybridized carbons (Fsp3) is 0.200. The molecule has 1 rings (SSSR count). The number of hydrogen-bond donors (Lipinski definition) is 3. The van der Waals surface area contributed by atoms with Crippen molar-refractivity contribution in [3.63, 3.8) is 0 Å². The highest BCUT2D eigenvalue weighted by atomic mass is 32.2. The van der Waals surface area contributed by atoms with Crippen molar-refractivity contribution in [2.45, 2.75) is 5.75 Å². The zero-order valence-corrected chi connectivity index (χ0v) is 10.5. The highest BCUT2D eigenvalue weighted by Gasteiger charge is 2.13. The second-order valence-corrected chi connectivity index (χ2v) is 5.29. The molecule has 0 aromatic heterocycles. The van der Waals surface area contributed by atoms with Crippen LogP contribution in [0.4, 0.5) is 0 Å². The zero-order valence-electron chi connectivity index (χ0n) is 9.70. The van der Waals surface area contributed by atoms with E-state index in [0.717, 1.165) is 0 Å². The smallest absolute Gasteiger partial charge is 0.335 e. The molecule has 0 aliphatic rings. The maximum absolute atomic E-state index is 11.5. The number of nitrogens with two attached hydrogens (primary N) is 1. The third-order valence-electron chi connectivity index (χ3n) is 1.93. The van der Waals surface area contributed by atoms with Gasteiger partial charge in [-0.05, 0) is 17.7 Å². The molecule has 0 spiro atoms. The summed E-state index contributed by atoms with van der Waals surface area (Å²) in [4.78, 5) is 27.2. The van der Waals surface area contributed by atoms with Crippen LogP contribution in [0.15, 0.2) is 24.3 Å². The van der Waals surface area contributed by atoms with Crippen molar-refractivity contribution in [3.8, 4) is 0 Å². The Kier molecular flexibility index (Phi) is 4.98. The van der Waals surface area contributed by atoms with E-state index in [9.17, 15) is 18.0 Å². The topological polar surface area (TPSA) is 136 Å². The van der Waals surface area contributed by atoms with Crippen LogP contribution in [0.25, 0.3) is 0 Å². The van der Waals surface area contributed by atoms with Gasteiger partial charge in [0.05, 0.1) is 11.3 Å². The number of sulfonamides is 1. The number of aromatic carboxylic acids is 1. The first kappa shape index (κ1) is 15.1. The van der Waals surface area contributed by atoms with Crippen LogP contribution in [0.2, 0.25) is 0 Å². The van der Waals surface area contributed by atoms with E-state index < -0.39 is 34.3 Å². The van der Waals surface area contributed by atoms with Gasteiger partial charge in [0.1, 0.15) is 6.61 Å². The average Bonchev–Trinajstić information content (AvgIpc) is 2.27. The van der Waals surface area contributed by atoms with Gasteiger partial charge in [0.25, 0.3) is 0 Å². The van der Waals surface area contributed by atoms with E-state index in [2.05, 4.69) is 4.84 Å². The first-order valence-electron chi connectivity index (χ1n) is 5.02. The minimum absolute atomic E-state index is 0.0224. The van der Waals surface area contributed by atoms with Crippen LogP contribution >= 0.6 is 0 Å². The molecule has 0 fully saturated rings. The first-order valence-corrected chi connectivity index (χ1v) is 6.67. The van der Waals surface area contributed by atoms with Gasteiger partial charge in [0.2, 0.25) is 15.9 Å². The fourth-order valence-electron chi connectivity index (χ4n) is 1.23. The van der Waals surface area contributed by atoms with Crippen molar-refractivity contribution in [1.29, 1.82) is 0 Å². The molecule has 19 heavy (non-hydrogen) atoms. The number of carbonyl (C=O) groups excluding carboxylic acids is 1. The summed E-state index contributed by atoms with van der Waals surface area (Å²) in [5.41, 5.74) is 5.01. The Hall–Kier alpha value is -1.97.